The number of oxime groups is 1. The Bertz CT molecular complexity index is 1220. The van der Waals surface area contributed by atoms with Crippen LogP contribution in [0.1, 0.15) is 12.1 Å². The zero-order valence-electron chi connectivity index (χ0n) is 17.7. The molecule has 0 aliphatic carbocycles. The summed E-state index contributed by atoms with van der Waals surface area (Å²) in [7, 11) is 0. The lowest BCUT2D eigenvalue weighted by molar-refractivity contribution is -0.150. The van der Waals surface area contributed by atoms with Crippen molar-refractivity contribution in [2.45, 2.75) is 17.8 Å². The lowest BCUT2D eigenvalue weighted by atomic mass is 10.0. The molecule has 0 radical (unpaired) electrons. The fraction of sp³-hybridized carbons (Fsp3) is 0.316. The van der Waals surface area contributed by atoms with Crippen molar-refractivity contribution in [3.8, 4) is 0 Å². The van der Waals surface area contributed by atoms with E-state index in [-0.39, 0.29) is 28.2 Å². The monoisotopic (exact) mass is 522 g/mol. The molecule has 0 saturated carbocycles. The maximum Gasteiger partial charge on any atom is 0.352 e. The van der Waals surface area contributed by atoms with Gasteiger partial charge in [-0.3, -0.25) is 19.3 Å². The normalized spacial score (nSPS) is 23.0. The van der Waals surface area contributed by atoms with E-state index in [1.54, 1.807) is 0 Å². The average Bonchev–Trinajstić information content (AvgIpc) is 3.42. The Kier molecular flexibility index (Phi) is 6.74. The molecule has 2 saturated heterocycles. The summed E-state index contributed by atoms with van der Waals surface area (Å²) in [5.41, 5.74) is 5.73. The molecular formula is C19H18N6O8S2. The number of thiazole rings is 1. The van der Waals surface area contributed by atoms with E-state index in [0.717, 1.165) is 16.2 Å². The van der Waals surface area contributed by atoms with Crippen LogP contribution >= 0.6 is 23.1 Å². The topological polar surface area (TPSA) is 214 Å². The Labute approximate surface area is 204 Å². The first-order chi connectivity index (χ1) is 16.7. The molecule has 3 amide bonds. The van der Waals surface area contributed by atoms with E-state index in [2.05, 4.69) is 25.6 Å². The highest BCUT2D eigenvalue weighted by atomic mass is 32.2. The van der Waals surface area contributed by atoms with Crippen molar-refractivity contribution >= 4 is 63.6 Å². The van der Waals surface area contributed by atoms with Crippen molar-refractivity contribution in [1.29, 1.82) is 0 Å². The number of hydrogen-bond acceptors (Lipinski definition) is 11. The van der Waals surface area contributed by atoms with Crippen molar-refractivity contribution in [3.63, 3.8) is 0 Å². The minimum absolute atomic E-state index is 0.0187. The Morgan fingerprint density at radius 1 is 1.37 bits per heavy atom. The molecule has 35 heavy (non-hydrogen) atoms. The van der Waals surface area contributed by atoms with E-state index in [0.29, 0.717) is 24.1 Å². The number of carbonyl (C=O) groups is 5. The van der Waals surface area contributed by atoms with Crippen molar-refractivity contribution in [2.24, 2.45) is 5.16 Å². The van der Waals surface area contributed by atoms with Crippen LogP contribution in [0.2, 0.25) is 0 Å². The highest BCUT2D eigenvalue weighted by Crippen LogP contribution is 2.41. The van der Waals surface area contributed by atoms with Crippen LogP contribution in [0.25, 0.3) is 0 Å². The zero-order chi connectivity index (χ0) is 25.3. The number of carboxylic acid groups (broad SMARTS) is 2. The van der Waals surface area contributed by atoms with Gasteiger partial charge in [-0.25, -0.2) is 14.6 Å². The van der Waals surface area contributed by atoms with Crippen LogP contribution in [-0.4, -0.2) is 85.8 Å². The standard InChI is InChI=1S/C19H18N6O8S2/c20-19-22-9(6-35-19)11(24-33-4-10(26)27)15(29)23-12-16(30)25-13(18(31)32)8(5-34-17(12)25)3-7-1-2-21-14(7)28/h3,6,12,17H,1-2,4-5H2,(H2,20,22)(H,21,28)(H,23,29)(H,26,27)(H,31,32). The van der Waals surface area contributed by atoms with Gasteiger partial charge in [-0.05, 0) is 18.1 Å². The van der Waals surface area contributed by atoms with Crippen LogP contribution in [-0.2, 0) is 28.8 Å². The summed E-state index contributed by atoms with van der Waals surface area (Å²) in [6, 6.07) is -1.08. The van der Waals surface area contributed by atoms with Gasteiger partial charge in [0.25, 0.3) is 11.8 Å². The van der Waals surface area contributed by atoms with Gasteiger partial charge in [0.2, 0.25) is 12.5 Å². The number of β-lactam (4-membered cyclic amide) rings is 1. The smallest absolute Gasteiger partial charge is 0.352 e. The lowest BCUT2D eigenvalue weighted by Gasteiger charge is -2.49. The second-order valence-electron chi connectivity index (χ2n) is 7.39. The molecule has 2 atom stereocenters. The third-order valence-electron chi connectivity index (χ3n) is 5.13. The first-order valence-electron chi connectivity index (χ1n) is 10.0. The van der Waals surface area contributed by atoms with E-state index in [1.165, 1.54) is 23.2 Å². The number of fused-ring (bicyclic) bond motifs is 1. The second kappa shape index (κ2) is 9.75. The van der Waals surface area contributed by atoms with Crippen LogP contribution < -0.4 is 16.4 Å². The molecule has 4 rings (SSSR count). The van der Waals surface area contributed by atoms with Gasteiger partial charge in [0.1, 0.15) is 22.8 Å². The predicted octanol–water partition coefficient (Wildman–Crippen LogP) is -1.28. The third-order valence-corrected chi connectivity index (χ3v) is 7.11. The molecule has 0 aromatic carbocycles. The Morgan fingerprint density at radius 2 is 2.14 bits per heavy atom. The highest BCUT2D eigenvalue weighted by molar-refractivity contribution is 8.00. The molecule has 3 aliphatic rings. The molecule has 0 spiro atoms. The Morgan fingerprint density at radius 3 is 2.74 bits per heavy atom. The van der Waals surface area contributed by atoms with Gasteiger partial charge in [-0.15, -0.1) is 23.1 Å². The largest absolute Gasteiger partial charge is 0.479 e. The van der Waals surface area contributed by atoms with E-state index >= 15 is 0 Å². The summed E-state index contributed by atoms with van der Waals surface area (Å²) in [4.78, 5) is 70.0. The first-order valence-corrected chi connectivity index (χ1v) is 11.9. The predicted molar refractivity (Wildman–Crippen MR) is 122 cm³/mol. The molecule has 1 aromatic rings. The molecule has 1 aromatic heterocycles. The molecule has 4 heterocycles. The number of rotatable bonds is 8. The summed E-state index contributed by atoms with van der Waals surface area (Å²) >= 11 is 2.24. The maximum absolute atomic E-state index is 12.9. The van der Waals surface area contributed by atoms with Crippen LogP contribution in [0.4, 0.5) is 5.13 Å². The van der Waals surface area contributed by atoms with Gasteiger partial charge < -0.3 is 31.4 Å². The van der Waals surface area contributed by atoms with E-state index in [4.69, 9.17) is 10.8 Å². The molecule has 184 valence electrons. The number of carboxylic acids is 2. The quantitative estimate of drug-likeness (QED) is 0.117. The zero-order valence-corrected chi connectivity index (χ0v) is 19.4. The number of nitrogen functional groups attached to an aromatic ring is 1. The summed E-state index contributed by atoms with van der Waals surface area (Å²) in [6.07, 6.45) is 1.94. The van der Waals surface area contributed by atoms with Crippen molar-refractivity contribution in [2.75, 3.05) is 24.6 Å². The van der Waals surface area contributed by atoms with Gasteiger partial charge in [0, 0.05) is 23.3 Å². The molecule has 3 aliphatic heterocycles. The van der Waals surface area contributed by atoms with E-state index < -0.39 is 47.5 Å². The SMILES string of the molecule is Nc1nc(C(=NOCC(=O)O)C(=O)NC2C(=O)N3C(C(=O)O)=C(C=C4CCNC4=O)CSC23)cs1. The molecule has 16 heteroatoms. The minimum atomic E-state index is -1.33. The Balaban J connectivity index is 1.54. The van der Waals surface area contributed by atoms with Gasteiger partial charge in [-0.1, -0.05) is 5.16 Å². The maximum atomic E-state index is 12.9. The molecule has 2 fully saturated rings. The van der Waals surface area contributed by atoms with Crippen molar-refractivity contribution < 1.29 is 39.0 Å². The number of anilines is 1. The van der Waals surface area contributed by atoms with E-state index in [1.807, 2.05) is 0 Å². The highest BCUT2D eigenvalue weighted by Gasteiger charge is 2.54. The third kappa shape index (κ3) is 4.83. The number of carbonyl (C=O) groups excluding carboxylic acids is 3. The summed E-state index contributed by atoms with van der Waals surface area (Å²) in [6.45, 7) is -0.355. The van der Waals surface area contributed by atoms with Crippen LogP contribution in [0.15, 0.2) is 33.5 Å². The van der Waals surface area contributed by atoms with Gasteiger partial charge in [-0.2, -0.15) is 0 Å². The fourth-order valence-corrected chi connectivity index (χ4v) is 5.46. The average molecular weight is 523 g/mol. The lowest BCUT2D eigenvalue weighted by Crippen LogP contribution is -2.71. The number of hydrogen-bond donors (Lipinski definition) is 5. The number of nitrogens with zero attached hydrogens (tertiary/aromatic N) is 3. The number of aliphatic carboxylic acids is 2. The Hall–Kier alpha value is -3.92. The summed E-state index contributed by atoms with van der Waals surface area (Å²) in [5.74, 6) is -4.28. The van der Waals surface area contributed by atoms with Crippen LogP contribution in [0.5, 0.6) is 0 Å². The first kappa shape index (κ1) is 24.2. The van der Waals surface area contributed by atoms with Crippen molar-refractivity contribution in [1.82, 2.24) is 20.5 Å². The fourth-order valence-electron chi connectivity index (χ4n) is 3.60. The number of aromatic nitrogens is 1. The molecular weight excluding hydrogens is 504 g/mol. The van der Waals surface area contributed by atoms with Crippen LogP contribution in [0, 0.1) is 0 Å². The van der Waals surface area contributed by atoms with Gasteiger partial charge >= 0.3 is 11.9 Å². The molecule has 6 N–H and O–H groups in total. The molecule has 2 unspecified atom stereocenters. The molecule has 14 nitrogen and oxygen atoms in total. The number of thioether (sulfide) groups is 1. The van der Waals surface area contributed by atoms with Gasteiger partial charge in [0.15, 0.2) is 10.8 Å². The van der Waals surface area contributed by atoms with E-state index in [9.17, 15) is 29.1 Å². The molecule has 0 bridgehead atoms. The summed E-state index contributed by atoms with van der Waals surface area (Å²) < 4.78 is 0. The second-order valence-corrected chi connectivity index (χ2v) is 9.39. The number of amides is 3. The number of allylic oxidation sites excluding steroid dienone is 1. The van der Waals surface area contributed by atoms with Crippen LogP contribution in [0.3, 0.4) is 0 Å². The van der Waals surface area contributed by atoms with Gasteiger partial charge in [0.05, 0.1) is 0 Å². The number of nitrogens with two attached hydrogens (primary N) is 1. The minimum Gasteiger partial charge on any atom is -0.479 e. The number of nitrogens with one attached hydrogen (secondary N) is 2. The summed E-state index contributed by atoms with van der Waals surface area (Å²) in [5, 5.41) is 28.0. The van der Waals surface area contributed by atoms with Crippen molar-refractivity contribution in [3.05, 3.63) is 34.0 Å².